The minimum atomic E-state index is 0.986. The van der Waals surface area contributed by atoms with Crippen molar-refractivity contribution in [2.24, 2.45) is 17.8 Å². The van der Waals surface area contributed by atoms with Gasteiger partial charge in [-0.05, 0) is 30.6 Å². The van der Waals surface area contributed by atoms with Crippen LogP contribution in [0.5, 0.6) is 0 Å². The molecule has 0 spiro atoms. The quantitative estimate of drug-likeness (QED) is 0.558. The highest BCUT2D eigenvalue weighted by molar-refractivity contribution is 4.72. The molecular formula is C13H26. The summed E-state index contributed by atoms with van der Waals surface area (Å²) in [6.07, 6.45) is 10.3. The van der Waals surface area contributed by atoms with Crippen LogP contribution in [0.1, 0.15) is 65.7 Å². The zero-order valence-electron chi connectivity index (χ0n) is 9.68. The lowest BCUT2D eigenvalue weighted by Gasteiger charge is -2.16. The molecule has 3 unspecified atom stereocenters. The molecule has 0 aromatic rings. The Morgan fingerprint density at radius 2 is 1.77 bits per heavy atom. The van der Waals surface area contributed by atoms with Crippen LogP contribution in [0.2, 0.25) is 0 Å². The van der Waals surface area contributed by atoms with E-state index in [2.05, 4.69) is 20.8 Å². The van der Waals surface area contributed by atoms with Gasteiger partial charge in [-0.2, -0.15) is 0 Å². The normalized spacial score (nSPS) is 35.8. The van der Waals surface area contributed by atoms with Gasteiger partial charge in [-0.1, -0.05) is 52.9 Å². The van der Waals surface area contributed by atoms with Crippen molar-refractivity contribution in [1.82, 2.24) is 0 Å². The first-order valence-corrected chi connectivity index (χ1v) is 6.22. The van der Waals surface area contributed by atoms with E-state index in [0.717, 1.165) is 17.8 Å². The highest BCUT2D eigenvalue weighted by Crippen LogP contribution is 2.33. The molecule has 3 atom stereocenters. The summed E-state index contributed by atoms with van der Waals surface area (Å²) in [5, 5.41) is 0. The largest absolute Gasteiger partial charge is 0.0654 e. The van der Waals surface area contributed by atoms with Crippen LogP contribution >= 0.6 is 0 Å². The molecule has 1 aliphatic carbocycles. The molecule has 1 fully saturated rings. The molecule has 0 aromatic heterocycles. The van der Waals surface area contributed by atoms with Crippen molar-refractivity contribution in [3.63, 3.8) is 0 Å². The number of rotatable bonds is 3. The monoisotopic (exact) mass is 182 g/mol. The lowest BCUT2D eigenvalue weighted by molar-refractivity contribution is 0.363. The van der Waals surface area contributed by atoms with Crippen molar-refractivity contribution >= 4 is 0 Å². The number of hydrogen-bond acceptors (Lipinski definition) is 0. The van der Waals surface area contributed by atoms with Crippen LogP contribution in [0.15, 0.2) is 0 Å². The van der Waals surface area contributed by atoms with Gasteiger partial charge in [-0.3, -0.25) is 0 Å². The van der Waals surface area contributed by atoms with Crippen LogP contribution in [-0.4, -0.2) is 0 Å². The lowest BCUT2D eigenvalue weighted by Crippen LogP contribution is -2.03. The zero-order valence-corrected chi connectivity index (χ0v) is 9.68. The number of hydrogen-bond donors (Lipinski definition) is 0. The van der Waals surface area contributed by atoms with E-state index in [1.54, 1.807) is 0 Å². The van der Waals surface area contributed by atoms with Gasteiger partial charge < -0.3 is 0 Å². The Labute approximate surface area is 84.1 Å². The van der Waals surface area contributed by atoms with Gasteiger partial charge in [0.05, 0.1) is 0 Å². The van der Waals surface area contributed by atoms with E-state index in [1.165, 1.54) is 44.9 Å². The molecule has 13 heavy (non-hydrogen) atoms. The molecule has 0 radical (unpaired) electrons. The Kier molecular flexibility index (Phi) is 4.83. The van der Waals surface area contributed by atoms with Crippen LogP contribution in [-0.2, 0) is 0 Å². The fraction of sp³-hybridized carbons (Fsp3) is 1.00. The van der Waals surface area contributed by atoms with Crippen LogP contribution in [0.4, 0.5) is 0 Å². The van der Waals surface area contributed by atoms with Gasteiger partial charge in [0.2, 0.25) is 0 Å². The van der Waals surface area contributed by atoms with Crippen molar-refractivity contribution in [3.8, 4) is 0 Å². The average molecular weight is 182 g/mol. The molecule has 1 rings (SSSR count). The van der Waals surface area contributed by atoms with Crippen LogP contribution in [0, 0.1) is 17.8 Å². The van der Waals surface area contributed by atoms with E-state index in [9.17, 15) is 0 Å². The van der Waals surface area contributed by atoms with Crippen molar-refractivity contribution < 1.29 is 0 Å². The lowest BCUT2D eigenvalue weighted by atomic mass is 9.90. The van der Waals surface area contributed by atoms with Crippen LogP contribution < -0.4 is 0 Å². The molecule has 1 aliphatic rings. The summed E-state index contributed by atoms with van der Waals surface area (Å²) >= 11 is 0. The Morgan fingerprint density at radius 3 is 2.46 bits per heavy atom. The van der Waals surface area contributed by atoms with Crippen molar-refractivity contribution in [2.75, 3.05) is 0 Å². The van der Waals surface area contributed by atoms with E-state index in [-0.39, 0.29) is 0 Å². The third-order valence-corrected chi connectivity index (χ3v) is 3.57. The first kappa shape index (κ1) is 11.1. The molecule has 0 heterocycles. The smallest absolute Gasteiger partial charge is 0.0412 e. The first-order chi connectivity index (χ1) is 6.22. The average Bonchev–Trinajstić information content (AvgIpc) is 2.23. The molecule has 0 aromatic carbocycles. The van der Waals surface area contributed by atoms with Gasteiger partial charge in [0, 0.05) is 0 Å². The summed E-state index contributed by atoms with van der Waals surface area (Å²) in [6.45, 7) is 7.18. The minimum absolute atomic E-state index is 0.986. The Bertz CT molecular complexity index is 128. The molecule has 0 heteroatoms. The highest BCUT2D eigenvalue weighted by Gasteiger charge is 2.20. The fourth-order valence-corrected chi connectivity index (χ4v) is 2.86. The predicted molar refractivity (Wildman–Crippen MR) is 59.8 cm³/mol. The molecule has 0 saturated heterocycles. The maximum absolute atomic E-state index is 2.45. The predicted octanol–water partition coefficient (Wildman–Crippen LogP) is 4.64. The Balaban J connectivity index is 2.30. The minimum Gasteiger partial charge on any atom is -0.0654 e. The van der Waals surface area contributed by atoms with E-state index in [1.807, 2.05) is 0 Å². The zero-order chi connectivity index (χ0) is 9.68. The van der Waals surface area contributed by atoms with E-state index >= 15 is 0 Å². The second kappa shape index (κ2) is 5.67. The van der Waals surface area contributed by atoms with Crippen LogP contribution in [0.25, 0.3) is 0 Å². The molecule has 0 N–H and O–H groups in total. The summed E-state index contributed by atoms with van der Waals surface area (Å²) in [6, 6.07) is 0. The van der Waals surface area contributed by atoms with Gasteiger partial charge in [0.15, 0.2) is 0 Å². The molecular weight excluding hydrogens is 156 g/mol. The second-order valence-electron chi connectivity index (χ2n) is 5.27. The Morgan fingerprint density at radius 1 is 1.00 bits per heavy atom. The maximum atomic E-state index is 2.45. The van der Waals surface area contributed by atoms with E-state index in [0.29, 0.717) is 0 Å². The van der Waals surface area contributed by atoms with Gasteiger partial charge in [-0.25, -0.2) is 0 Å². The van der Waals surface area contributed by atoms with Gasteiger partial charge in [-0.15, -0.1) is 0 Å². The van der Waals surface area contributed by atoms with Gasteiger partial charge in [0.1, 0.15) is 0 Å². The van der Waals surface area contributed by atoms with Crippen molar-refractivity contribution in [3.05, 3.63) is 0 Å². The van der Waals surface area contributed by atoms with Crippen molar-refractivity contribution in [1.29, 1.82) is 0 Å². The maximum Gasteiger partial charge on any atom is -0.0412 e. The molecule has 0 bridgehead atoms. The van der Waals surface area contributed by atoms with Crippen molar-refractivity contribution in [2.45, 2.75) is 65.7 Å². The second-order valence-corrected chi connectivity index (χ2v) is 5.27. The highest BCUT2D eigenvalue weighted by atomic mass is 14.3. The van der Waals surface area contributed by atoms with E-state index < -0.39 is 0 Å². The molecule has 1 saturated carbocycles. The topological polar surface area (TPSA) is 0 Å². The summed E-state index contributed by atoms with van der Waals surface area (Å²) in [5.41, 5.74) is 0. The fourth-order valence-electron chi connectivity index (χ4n) is 2.86. The van der Waals surface area contributed by atoms with Gasteiger partial charge >= 0.3 is 0 Å². The summed E-state index contributed by atoms with van der Waals surface area (Å²) in [5.74, 6) is 3.03. The molecule has 78 valence electrons. The third kappa shape index (κ3) is 4.15. The van der Waals surface area contributed by atoms with Gasteiger partial charge in [0.25, 0.3) is 0 Å². The SMILES string of the molecule is CCCCC1CCC(C)CC(C)C1. The van der Waals surface area contributed by atoms with E-state index in [4.69, 9.17) is 0 Å². The first-order valence-electron chi connectivity index (χ1n) is 6.22. The summed E-state index contributed by atoms with van der Waals surface area (Å²) < 4.78 is 0. The number of unbranched alkanes of at least 4 members (excludes halogenated alkanes) is 1. The molecule has 0 amide bonds. The van der Waals surface area contributed by atoms with Crippen LogP contribution in [0.3, 0.4) is 0 Å². The summed E-state index contributed by atoms with van der Waals surface area (Å²) in [7, 11) is 0. The molecule has 0 nitrogen and oxygen atoms in total. The third-order valence-electron chi connectivity index (χ3n) is 3.57. The summed E-state index contributed by atoms with van der Waals surface area (Å²) in [4.78, 5) is 0. The molecule has 0 aliphatic heterocycles. The standard InChI is InChI=1S/C13H26/c1-4-5-6-13-8-7-11(2)9-12(3)10-13/h11-13H,4-10H2,1-3H3. The Hall–Kier alpha value is 0.